The van der Waals surface area contributed by atoms with E-state index in [1.165, 1.54) is 0 Å². The van der Waals surface area contributed by atoms with Crippen molar-refractivity contribution in [2.24, 2.45) is 0 Å². The van der Waals surface area contributed by atoms with E-state index < -0.39 is 0 Å². The Hall–Kier alpha value is -2.49. The molecule has 0 aliphatic rings. The lowest BCUT2D eigenvalue weighted by Gasteiger charge is -2.10. The van der Waals surface area contributed by atoms with Gasteiger partial charge in [0.05, 0.1) is 20.6 Å². The smallest absolute Gasteiger partial charge is 0.224 e. The quantitative estimate of drug-likeness (QED) is 0.854. The minimum absolute atomic E-state index is 0.00373. The highest BCUT2D eigenvalue weighted by Crippen LogP contribution is 2.20. The van der Waals surface area contributed by atoms with Crippen molar-refractivity contribution in [1.29, 1.82) is 0 Å². The molecule has 1 amide bonds. The van der Waals surface area contributed by atoms with Crippen LogP contribution < -0.4 is 14.8 Å². The third kappa shape index (κ3) is 4.74. The molecular weight excluding hydrogens is 290 g/mol. The van der Waals surface area contributed by atoms with Crippen molar-refractivity contribution in [2.75, 3.05) is 14.2 Å². The van der Waals surface area contributed by atoms with Gasteiger partial charge in [0.2, 0.25) is 5.91 Å². The number of carbonyl (C=O) groups excluding carboxylic acids is 1. The lowest BCUT2D eigenvalue weighted by Crippen LogP contribution is -2.24. The molecular formula is C19H23NO3. The van der Waals surface area contributed by atoms with E-state index in [9.17, 15) is 4.79 Å². The first-order chi connectivity index (χ1) is 11.2. The molecule has 0 unspecified atom stereocenters. The van der Waals surface area contributed by atoms with Crippen molar-refractivity contribution in [2.45, 2.75) is 26.3 Å². The number of aryl methyl sites for hydroxylation is 1. The summed E-state index contributed by atoms with van der Waals surface area (Å²) in [6.07, 6.45) is 1.26. The summed E-state index contributed by atoms with van der Waals surface area (Å²) in [4.78, 5) is 12.1. The van der Waals surface area contributed by atoms with E-state index in [0.717, 1.165) is 34.6 Å². The van der Waals surface area contributed by atoms with Gasteiger partial charge in [-0.25, -0.2) is 0 Å². The van der Waals surface area contributed by atoms with Crippen LogP contribution in [0.25, 0.3) is 0 Å². The van der Waals surface area contributed by atoms with Gasteiger partial charge in [-0.2, -0.15) is 0 Å². The van der Waals surface area contributed by atoms with Crippen LogP contribution in [0, 0.1) is 0 Å². The first kappa shape index (κ1) is 16.9. The summed E-state index contributed by atoms with van der Waals surface area (Å²) in [6.45, 7) is 2.61. The molecule has 2 aromatic carbocycles. The predicted molar refractivity (Wildman–Crippen MR) is 90.9 cm³/mol. The third-order valence-corrected chi connectivity index (χ3v) is 3.74. The van der Waals surface area contributed by atoms with Gasteiger partial charge in [-0.1, -0.05) is 31.2 Å². The van der Waals surface area contributed by atoms with Crippen LogP contribution in [0.4, 0.5) is 0 Å². The average molecular weight is 313 g/mol. The number of hydrogen-bond donors (Lipinski definition) is 1. The molecule has 0 fully saturated rings. The summed E-state index contributed by atoms with van der Waals surface area (Å²) in [5.74, 6) is 1.68. The summed E-state index contributed by atoms with van der Waals surface area (Å²) in [6, 6.07) is 13.5. The first-order valence-corrected chi connectivity index (χ1v) is 7.71. The van der Waals surface area contributed by atoms with Crippen molar-refractivity contribution in [3.63, 3.8) is 0 Å². The van der Waals surface area contributed by atoms with E-state index >= 15 is 0 Å². The van der Waals surface area contributed by atoms with Gasteiger partial charge in [-0.15, -0.1) is 0 Å². The Morgan fingerprint density at radius 2 is 1.70 bits per heavy atom. The SMILES string of the molecule is CCc1cc(CNC(=O)Cc2ccc(OC)cc2)ccc1OC. The Balaban J connectivity index is 1.90. The molecule has 0 heterocycles. The molecule has 2 rings (SSSR count). The molecule has 0 radical (unpaired) electrons. The van der Waals surface area contributed by atoms with E-state index in [1.807, 2.05) is 36.4 Å². The summed E-state index contributed by atoms with van der Waals surface area (Å²) in [5, 5.41) is 2.95. The second-order valence-electron chi connectivity index (χ2n) is 5.30. The Morgan fingerprint density at radius 1 is 1.00 bits per heavy atom. The van der Waals surface area contributed by atoms with Crippen molar-refractivity contribution in [1.82, 2.24) is 5.32 Å². The van der Waals surface area contributed by atoms with Crippen LogP contribution in [0.5, 0.6) is 11.5 Å². The van der Waals surface area contributed by atoms with Gasteiger partial charge >= 0.3 is 0 Å². The van der Waals surface area contributed by atoms with Gasteiger partial charge in [0, 0.05) is 6.54 Å². The molecule has 0 aliphatic carbocycles. The average Bonchev–Trinajstić information content (AvgIpc) is 2.60. The van der Waals surface area contributed by atoms with Gasteiger partial charge in [0.1, 0.15) is 11.5 Å². The summed E-state index contributed by atoms with van der Waals surface area (Å²) in [7, 11) is 3.30. The van der Waals surface area contributed by atoms with Crippen LogP contribution in [-0.2, 0) is 24.2 Å². The van der Waals surface area contributed by atoms with Crippen molar-refractivity contribution in [3.05, 3.63) is 59.2 Å². The minimum Gasteiger partial charge on any atom is -0.497 e. The van der Waals surface area contributed by atoms with Gasteiger partial charge in [0.25, 0.3) is 0 Å². The van der Waals surface area contributed by atoms with E-state index in [4.69, 9.17) is 9.47 Å². The molecule has 23 heavy (non-hydrogen) atoms. The lowest BCUT2D eigenvalue weighted by atomic mass is 10.1. The predicted octanol–water partition coefficient (Wildman–Crippen LogP) is 3.13. The second-order valence-corrected chi connectivity index (χ2v) is 5.30. The zero-order valence-electron chi connectivity index (χ0n) is 13.9. The van der Waals surface area contributed by atoms with Gasteiger partial charge < -0.3 is 14.8 Å². The first-order valence-electron chi connectivity index (χ1n) is 7.71. The van der Waals surface area contributed by atoms with Crippen LogP contribution in [0.15, 0.2) is 42.5 Å². The number of rotatable bonds is 7. The fourth-order valence-corrected chi connectivity index (χ4v) is 2.41. The van der Waals surface area contributed by atoms with Crippen LogP contribution in [0.1, 0.15) is 23.6 Å². The Morgan fingerprint density at radius 3 is 2.30 bits per heavy atom. The highest BCUT2D eigenvalue weighted by atomic mass is 16.5. The van der Waals surface area contributed by atoms with Gasteiger partial charge in [-0.3, -0.25) is 4.79 Å². The second kappa shape index (κ2) is 8.22. The van der Waals surface area contributed by atoms with Crippen LogP contribution in [0.3, 0.4) is 0 Å². The number of benzene rings is 2. The fraction of sp³-hybridized carbons (Fsp3) is 0.316. The van der Waals surface area contributed by atoms with Crippen molar-refractivity contribution < 1.29 is 14.3 Å². The molecule has 0 saturated heterocycles. The van der Waals surface area contributed by atoms with E-state index in [1.54, 1.807) is 14.2 Å². The topological polar surface area (TPSA) is 47.6 Å². The van der Waals surface area contributed by atoms with Crippen LogP contribution in [-0.4, -0.2) is 20.1 Å². The monoisotopic (exact) mass is 313 g/mol. The van der Waals surface area contributed by atoms with E-state index in [-0.39, 0.29) is 5.91 Å². The molecule has 0 atom stereocenters. The summed E-state index contributed by atoms with van der Waals surface area (Å²) >= 11 is 0. The van der Waals surface area contributed by atoms with Crippen LogP contribution in [0.2, 0.25) is 0 Å². The van der Waals surface area contributed by atoms with Crippen molar-refractivity contribution >= 4 is 5.91 Å². The third-order valence-electron chi connectivity index (χ3n) is 3.74. The Labute approximate surface area is 137 Å². The van der Waals surface area contributed by atoms with Crippen molar-refractivity contribution in [3.8, 4) is 11.5 Å². The summed E-state index contributed by atoms with van der Waals surface area (Å²) in [5.41, 5.74) is 3.19. The van der Waals surface area contributed by atoms with E-state index in [2.05, 4.69) is 18.3 Å². The van der Waals surface area contributed by atoms with Gasteiger partial charge in [0.15, 0.2) is 0 Å². The number of ether oxygens (including phenoxy) is 2. The maximum atomic E-state index is 12.1. The number of methoxy groups -OCH3 is 2. The summed E-state index contributed by atoms with van der Waals surface area (Å²) < 4.78 is 10.4. The zero-order valence-corrected chi connectivity index (χ0v) is 13.9. The zero-order chi connectivity index (χ0) is 16.7. The molecule has 1 N–H and O–H groups in total. The molecule has 4 heteroatoms. The highest BCUT2D eigenvalue weighted by Gasteiger charge is 2.06. The van der Waals surface area contributed by atoms with Crippen LogP contribution >= 0.6 is 0 Å². The lowest BCUT2D eigenvalue weighted by molar-refractivity contribution is -0.120. The molecule has 0 saturated carbocycles. The standard InChI is InChI=1S/C19H23NO3/c1-4-16-11-15(7-10-18(16)23-3)13-20-19(21)12-14-5-8-17(22-2)9-6-14/h5-11H,4,12-13H2,1-3H3,(H,20,21). The van der Waals surface area contributed by atoms with E-state index in [0.29, 0.717) is 13.0 Å². The minimum atomic E-state index is 0.00373. The molecule has 0 spiro atoms. The molecule has 2 aromatic rings. The molecule has 0 bridgehead atoms. The number of nitrogens with one attached hydrogen (secondary N) is 1. The maximum absolute atomic E-state index is 12.1. The largest absolute Gasteiger partial charge is 0.497 e. The molecule has 122 valence electrons. The molecule has 0 aromatic heterocycles. The van der Waals surface area contributed by atoms with Gasteiger partial charge in [-0.05, 0) is 41.3 Å². The number of carbonyl (C=O) groups is 1. The normalized spacial score (nSPS) is 10.2. The molecule has 0 aliphatic heterocycles. The number of hydrogen-bond acceptors (Lipinski definition) is 3. The highest BCUT2D eigenvalue weighted by molar-refractivity contribution is 5.78. The Kier molecular flexibility index (Phi) is 6.03. The maximum Gasteiger partial charge on any atom is 0.224 e. The number of amides is 1. The fourth-order valence-electron chi connectivity index (χ4n) is 2.41. The molecule has 4 nitrogen and oxygen atoms in total. The Bertz CT molecular complexity index is 650.